The van der Waals surface area contributed by atoms with Crippen molar-refractivity contribution in [1.29, 1.82) is 0 Å². The molecule has 23 heavy (non-hydrogen) atoms. The lowest BCUT2D eigenvalue weighted by atomic mass is 9.81. The molecule has 0 spiro atoms. The van der Waals surface area contributed by atoms with Crippen LogP contribution < -0.4 is 0 Å². The van der Waals surface area contributed by atoms with Crippen molar-refractivity contribution in [2.45, 2.75) is 69.7 Å². The van der Waals surface area contributed by atoms with Gasteiger partial charge in [-0.3, -0.25) is 0 Å². The first-order valence-electron chi connectivity index (χ1n) is 8.04. The Hall–Kier alpha value is -1.33. The number of nitrogens with zero attached hydrogens (tertiary/aromatic N) is 2. The summed E-state index contributed by atoms with van der Waals surface area (Å²) in [5.74, 6) is 0. The standard InChI is InChI=1S/C17H23ClN2O3/c1-16(2,3)23-15(21)20-11-6-7-12(20)10-17(22,9-11)13-5-4-8-19-14(13)18/h4-5,8,11-12,22H,6-7,9-10H2,1-3H3. The highest BCUT2D eigenvalue weighted by molar-refractivity contribution is 6.30. The van der Waals surface area contributed by atoms with Crippen molar-refractivity contribution < 1.29 is 14.6 Å². The average Bonchev–Trinajstić information content (AvgIpc) is 2.70. The SMILES string of the molecule is CC(C)(C)OC(=O)N1C2CCC1CC(O)(c1cccnc1Cl)C2. The minimum absolute atomic E-state index is 0.0233. The summed E-state index contributed by atoms with van der Waals surface area (Å²) in [6.45, 7) is 5.59. The molecule has 1 aromatic rings. The summed E-state index contributed by atoms with van der Waals surface area (Å²) >= 11 is 6.17. The number of carbonyl (C=O) groups is 1. The van der Waals surface area contributed by atoms with E-state index < -0.39 is 11.2 Å². The normalized spacial score (nSPS) is 30.4. The number of halogens is 1. The number of aliphatic hydroxyl groups is 1. The molecule has 1 N–H and O–H groups in total. The Labute approximate surface area is 141 Å². The molecule has 3 rings (SSSR count). The van der Waals surface area contributed by atoms with Gasteiger partial charge < -0.3 is 14.7 Å². The van der Waals surface area contributed by atoms with Crippen molar-refractivity contribution in [2.75, 3.05) is 0 Å². The third-order valence-corrected chi connectivity index (χ3v) is 4.93. The molecule has 1 aromatic heterocycles. The molecule has 2 saturated heterocycles. The maximum absolute atomic E-state index is 12.5. The molecule has 2 unspecified atom stereocenters. The van der Waals surface area contributed by atoms with Crippen LogP contribution in [0.1, 0.15) is 52.0 Å². The monoisotopic (exact) mass is 338 g/mol. The van der Waals surface area contributed by atoms with Gasteiger partial charge in [0.25, 0.3) is 0 Å². The van der Waals surface area contributed by atoms with Crippen LogP contribution in [-0.2, 0) is 10.3 Å². The Balaban J connectivity index is 1.82. The molecule has 2 fully saturated rings. The predicted octanol–water partition coefficient (Wildman–Crippen LogP) is 3.48. The molecule has 0 saturated carbocycles. The van der Waals surface area contributed by atoms with Gasteiger partial charge in [0.15, 0.2) is 0 Å². The third kappa shape index (κ3) is 3.17. The topological polar surface area (TPSA) is 62.7 Å². The second kappa shape index (κ2) is 5.64. The number of pyridine rings is 1. The van der Waals surface area contributed by atoms with Crippen LogP contribution in [0.15, 0.2) is 18.3 Å². The fourth-order valence-electron chi connectivity index (χ4n) is 3.79. The first-order chi connectivity index (χ1) is 10.7. The van der Waals surface area contributed by atoms with Crippen LogP contribution in [0.2, 0.25) is 5.15 Å². The van der Waals surface area contributed by atoms with Crippen molar-refractivity contribution in [3.63, 3.8) is 0 Å². The van der Waals surface area contributed by atoms with Gasteiger partial charge in [-0.05, 0) is 39.7 Å². The van der Waals surface area contributed by atoms with Crippen molar-refractivity contribution in [2.24, 2.45) is 0 Å². The lowest BCUT2D eigenvalue weighted by molar-refractivity contribution is -0.0625. The van der Waals surface area contributed by atoms with Gasteiger partial charge in [-0.2, -0.15) is 0 Å². The second-order valence-electron chi connectivity index (χ2n) is 7.55. The molecule has 126 valence electrons. The molecule has 2 bridgehead atoms. The maximum Gasteiger partial charge on any atom is 0.410 e. The third-order valence-electron chi connectivity index (χ3n) is 4.63. The summed E-state index contributed by atoms with van der Waals surface area (Å²) in [6.07, 6.45) is 4.01. The molecule has 6 heteroatoms. The van der Waals surface area contributed by atoms with E-state index in [1.807, 2.05) is 31.7 Å². The van der Waals surface area contributed by atoms with Crippen molar-refractivity contribution in [1.82, 2.24) is 9.88 Å². The van der Waals surface area contributed by atoms with Gasteiger partial charge in [-0.25, -0.2) is 9.78 Å². The maximum atomic E-state index is 12.5. The van der Waals surface area contributed by atoms with Crippen LogP contribution in [0, 0.1) is 0 Å². The van der Waals surface area contributed by atoms with Crippen LogP contribution in [0.25, 0.3) is 0 Å². The quantitative estimate of drug-likeness (QED) is 0.796. The number of hydrogen-bond donors (Lipinski definition) is 1. The van der Waals surface area contributed by atoms with Gasteiger partial charge in [0.1, 0.15) is 10.8 Å². The zero-order valence-electron chi connectivity index (χ0n) is 13.8. The van der Waals surface area contributed by atoms with Gasteiger partial charge in [-0.1, -0.05) is 17.7 Å². The van der Waals surface area contributed by atoms with E-state index in [1.54, 1.807) is 12.3 Å². The fourth-order valence-corrected chi connectivity index (χ4v) is 4.09. The van der Waals surface area contributed by atoms with Gasteiger partial charge in [-0.15, -0.1) is 0 Å². The molecule has 2 aliphatic rings. The summed E-state index contributed by atoms with van der Waals surface area (Å²) in [7, 11) is 0. The molecule has 5 nitrogen and oxygen atoms in total. The smallest absolute Gasteiger partial charge is 0.410 e. The number of aromatic nitrogens is 1. The Morgan fingerprint density at radius 1 is 1.39 bits per heavy atom. The summed E-state index contributed by atoms with van der Waals surface area (Å²) < 4.78 is 5.52. The van der Waals surface area contributed by atoms with E-state index in [2.05, 4.69) is 4.98 Å². The minimum atomic E-state index is -1.03. The van der Waals surface area contributed by atoms with E-state index in [-0.39, 0.29) is 18.2 Å². The van der Waals surface area contributed by atoms with Crippen molar-refractivity contribution in [3.8, 4) is 0 Å². The predicted molar refractivity (Wildman–Crippen MR) is 87.3 cm³/mol. The van der Waals surface area contributed by atoms with Gasteiger partial charge in [0.2, 0.25) is 0 Å². The zero-order valence-corrected chi connectivity index (χ0v) is 14.5. The molecule has 0 aliphatic carbocycles. The fraction of sp³-hybridized carbons (Fsp3) is 0.647. The number of amides is 1. The number of rotatable bonds is 1. The van der Waals surface area contributed by atoms with E-state index in [4.69, 9.17) is 16.3 Å². The van der Waals surface area contributed by atoms with Crippen LogP contribution in [-0.4, -0.2) is 38.8 Å². The van der Waals surface area contributed by atoms with Gasteiger partial charge in [0, 0.05) is 36.7 Å². The number of carbonyl (C=O) groups excluding carboxylic acids is 1. The Morgan fingerprint density at radius 3 is 2.52 bits per heavy atom. The van der Waals surface area contributed by atoms with Crippen molar-refractivity contribution >= 4 is 17.7 Å². The number of hydrogen-bond acceptors (Lipinski definition) is 4. The van der Waals surface area contributed by atoms with Gasteiger partial charge in [0.05, 0.1) is 5.60 Å². The highest BCUT2D eigenvalue weighted by atomic mass is 35.5. The number of piperidine rings is 1. The number of fused-ring (bicyclic) bond motifs is 2. The summed E-state index contributed by atoms with van der Waals surface area (Å²) in [4.78, 5) is 18.4. The largest absolute Gasteiger partial charge is 0.444 e. The molecular weight excluding hydrogens is 316 g/mol. The molecule has 2 atom stereocenters. The molecule has 2 aliphatic heterocycles. The van der Waals surface area contributed by atoms with Crippen molar-refractivity contribution in [3.05, 3.63) is 29.0 Å². The lowest BCUT2D eigenvalue weighted by Gasteiger charge is -2.44. The molecule has 1 amide bonds. The van der Waals surface area contributed by atoms with E-state index in [0.717, 1.165) is 12.8 Å². The van der Waals surface area contributed by atoms with Crippen LogP contribution >= 0.6 is 11.6 Å². The first kappa shape index (κ1) is 16.5. The lowest BCUT2D eigenvalue weighted by Crippen LogP contribution is -2.53. The van der Waals surface area contributed by atoms with Crippen LogP contribution in [0.3, 0.4) is 0 Å². The Morgan fingerprint density at radius 2 is 2.00 bits per heavy atom. The Kier molecular flexibility index (Phi) is 4.05. The summed E-state index contributed by atoms with van der Waals surface area (Å²) in [5, 5.41) is 11.5. The van der Waals surface area contributed by atoms with E-state index >= 15 is 0 Å². The average molecular weight is 339 g/mol. The van der Waals surface area contributed by atoms with Crippen LogP contribution in [0.4, 0.5) is 4.79 Å². The van der Waals surface area contributed by atoms with Gasteiger partial charge >= 0.3 is 6.09 Å². The second-order valence-corrected chi connectivity index (χ2v) is 7.91. The van der Waals surface area contributed by atoms with Crippen LogP contribution in [0.5, 0.6) is 0 Å². The summed E-state index contributed by atoms with van der Waals surface area (Å²) in [5.41, 5.74) is -0.894. The van der Waals surface area contributed by atoms with E-state index in [1.165, 1.54) is 0 Å². The highest BCUT2D eigenvalue weighted by Gasteiger charge is 2.51. The van der Waals surface area contributed by atoms with E-state index in [9.17, 15) is 9.90 Å². The van der Waals surface area contributed by atoms with E-state index in [0.29, 0.717) is 23.6 Å². The molecule has 0 radical (unpaired) electrons. The summed E-state index contributed by atoms with van der Waals surface area (Å²) in [6, 6.07) is 3.55. The highest BCUT2D eigenvalue weighted by Crippen LogP contribution is 2.47. The number of ether oxygens (including phenoxy) is 1. The Bertz CT molecular complexity index is 600. The molecule has 0 aromatic carbocycles. The first-order valence-corrected chi connectivity index (χ1v) is 8.42. The minimum Gasteiger partial charge on any atom is -0.444 e. The zero-order chi connectivity index (χ0) is 16.8. The molecular formula is C17H23ClN2O3. The molecule has 3 heterocycles.